The van der Waals surface area contributed by atoms with Crippen molar-refractivity contribution in [2.45, 2.75) is 119 Å². The van der Waals surface area contributed by atoms with Gasteiger partial charge in [0, 0.05) is 0 Å². The maximum absolute atomic E-state index is 11.7. The predicted molar refractivity (Wildman–Crippen MR) is 141 cm³/mol. The van der Waals surface area contributed by atoms with E-state index in [1.807, 2.05) is 0 Å². The Kier molecular flexibility index (Phi) is 6.58. The van der Waals surface area contributed by atoms with Crippen LogP contribution in [-0.4, -0.2) is 22.4 Å². The molecule has 0 aromatic heterocycles. The van der Waals surface area contributed by atoms with Gasteiger partial charge in [-0.25, -0.2) is 0 Å². The Balaban J connectivity index is 1.38. The Morgan fingerprint density at radius 1 is 0.500 bits per heavy atom. The van der Waals surface area contributed by atoms with Crippen molar-refractivity contribution < 1.29 is 10.2 Å². The molecule has 2 nitrogen and oxygen atoms in total. The lowest BCUT2D eigenvalue weighted by Gasteiger charge is -2.51. The van der Waals surface area contributed by atoms with Gasteiger partial charge in [0.05, 0.1) is 12.2 Å². The summed E-state index contributed by atoms with van der Waals surface area (Å²) < 4.78 is 0. The van der Waals surface area contributed by atoms with Crippen LogP contribution in [0, 0.1) is 81.8 Å². The summed E-state index contributed by atoms with van der Waals surface area (Å²) in [5.41, 5.74) is 0.374. The zero-order valence-electron chi connectivity index (χ0n) is 23.6. The highest BCUT2D eigenvalue weighted by Crippen LogP contribution is 2.67. The zero-order chi connectivity index (χ0) is 24.7. The smallest absolute Gasteiger partial charge is 0.0604 e. The largest absolute Gasteiger partial charge is 0.393 e. The summed E-state index contributed by atoms with van der Waals surface area (Å²) in [6, 6.07) is 0. The van der Waals surface area contributed by atoms with Crippen molar-refractivity contribution in [2.24, 2.45) is 81.8 Å². The highest BCUT2D eigenvalue weighted by Gasteiger charge is 2.62. The van der Waals surface area contributed by atoms with E-state index in [1.165, 1.54) is 51.4 Å². The molecule has 0 heterocycles. The van der Waals surface area contributed by atoms with Crippen molar-refractivity contribution in [1.82, 2.24) is 0 Å². The molecule has 5 fully saturated rings. The van der Waals surface area contributed by atoms with Gasteiger partial charge >= 0.3 is 0 Å². The van der Waals surface area contributed by atoms with E-state index >= 15 is 0 Å². The van der Waals surface area contributed by atoms with E-state index in [4.69, 9.17) is 0 Å². The van der Waals surface area contributed by atoms with Gasteiger partial charge in [-0.3, -0.25) is 0 Å². The number of hydrogen-bond donors (Lipinski definition) is 2. The minimum Gasteiger partial charge on any atom is -0.393 e. The molecule has 5 aliphatic carbocycles. The molecular formula is C32H56O2. The van der Waals surface area contributed by atoms with E-state index in [1.54, 1.807) is 0 Å². The van der Waals surface area contributed by atoms with Crippen LogP contribution in [0.4, 0.5) is 0 Å². The van der Waals surface area contributed by atoms with Gasteiger partial charge in [-0.15, -0.1) is 0 Å². The molecule has 0 aromatic rings. The first-order valence-corrected chi connectivity index (χ1v) is 15.1. The second kappa shape index (κ2) is 8.75. The minimum absolute atomic E-state index is 0.121. The van der Waals surface area contributed by atoms with Crippen LogP contribution in [0.2, 0.25) is 0 Å². The second-order valence-electron chi connectivity index (χ2n) is 16.4. The molecule has 0 radical (unpaired) electrons. The third-order valence-electron chi connectivity index (χ3n) is 12.3. The van der Waals surface area contributed by atoms with Crippen molar-refractivity contribution in [3.63, 3.8) is 0 Å². The molecule has 0 spiro atoms. The van der Waals surface area contributed by atoms with Gasteiger partial charge in [0.1, 0.15) is 0 Å². The summed E-state index contributed by atoms with van der Waals surface area (Å²) >= 11 is 0. The van der Waals surface area contributed by atoms with Crippen molar-refractivity contribution in [3.8, 4) is 0 Å². The van der Waals surface area contributed by atoms with Crippen LogP contribution in [0.25, 0.3) is 0 Å². The van der Waals surface area contributed by atoms with Crippen LogP contribution < -0.4 is 0 Å². The Morgan fingerprint density at radius 2 is 0.941 bits per heavy atom. The quantitative estimate of drug-likeness (QED) is 0.439. The fraction of sp³-hybridized carbons (Fsp3) is 1.00. The molecule has 14 unspecified atom stereocenters. The topological polar surface area (TPSA) is 40.5 Å². The van der Waals surface area contributed by atoms with E-state index in [0.717, 1.165) is 47.3 Å². The van der Waals surface area contributed by atoms with Gasteiger partial charge in [0.15, 0.2) is 0 Å². The van der Waals surface area contributed by atoms with Gasteiger partial charge < -0.3 is 10.2 Å². The first-order valence-electron chi connectivity index (χ1n) is 15.1. The Bertz CT molecular complexity index is 730. The van der Waals surface area contributed by atoms with Gasteiger partial charge in [0.2, 0.25) is 0 Å². The van der Waals surface area contributed by atoms with E-state index in [-0.39, 0.29) is 23.0 Å². The molecule has 0 saturated heterocycles. The third-order valence-corrected chi connectivity index (χ3v) is 12.3. The molecule has 2 heteroatoms. The maximum Gasteiger partial charge on any atom is 0.0604 e. The van der Waals surface area contributed by atoms with Gasteiger partial charge in [0.25, 0.3) is 0 Å². The number of fused-ring (bicyclic) bond motifs is 5. The first-order chi connectivity index (χ1) is 15.8. The van der Waals surface area contributed by atoms with Gasteiger partial charge in [-0.2, -0.15) is 0 Å². The molecule has 196 valence electrons. The van der Waals surface area contributed by atoms with Crippen molar-refractivity contribution in [2.75, 3.05) is 0 Å². The molecule has 0 aromatic carbocycles. The highest BCUT2D eigenvalue weighted by atomic mass is 16.3. The van der Waals surface area contributed by atoms with Gasteiger partial charge in [-0.05, 0) is 133 Å². The summed E-state index contributed by atoms with van der Waals surface area (Å²) in [6.07, 6.45) is 10.2. The summed E-state index contributed by atoms with van der Waals surface area (Å²) in [5, 5.41) is 23.4. The fourth-order valence-electron chi connectivity index (χ4n) is 10.9. The molecule has 0 amide bonds. The molecule has 2 bridgehead atoms. The Morgan fingerprint density at radius 3 is 1.44 bits per heavy atom. The standard InChI is InChI=1S/C32H56O2/c1-17-11-24(29(33)26(13-17)31(3,4)5)21-10-9-20-19-15-22(23(16-19)28(20)21)25-12-18(2)14-27(30(25)34)32(6,7)8/h17-30,33-34H,9-16H2,1-8H3. The SMILES string of the molecule is CC1CC(C2CC3CC2C2C3CCC2C2CC(C)CC(C(C)(C)C)C2O)C(O)C(C(C)(C)C)C1. The summed E-state index contributed by atoms with van der Waals surface area (Å²) in [4.78, 5) is 0. The number of aliphatic hydroxyl groups excluding tert-OH is 2. The van der Waals surface area contributed by atoms with Crippen LogP contribution in [0.1, 0.15) is 107 Å². The molecule has 2 N–H and O–H groups in total. The zero-order valence-corrected chi connectivity index (χ0v) is 23.6. The monoisotopic (exact) mass is 472 g/mol. The second-order valence-corrected chi connectivity index (χ2v) is 16.4. The van der Waals surface area contributed by atoms with Gasteiger partial charge in [-0.1, -0.05) is 55.4 Å². The van der Waals surface area contributed by atoms with E-state index in [9.17, 15) is 10.2 Å². The molecule has 5 saturated carbocycles. The first kappa shape index (κ1) is 25.6. The molecular weight excluding hydrogens is 416 g/mol. The summed E-state index contributed by atoms with van der Waals surface area (Å²) in [5.74, 6) is 8.25. The fourth-order valence-corrected chi connectivity index (χ4v) is 10.9. The lowest BCUT2D eigenvalue weighted by atomic mass is 9.56. The third kappa shape index (κ3) is 4.23. The Hall–Kier alpha value is -0.0800. The van der Waals surface area contributed by atoms with Crippen LogP contribution >= 0.6 is 0 Å². The predicted octanol–water partition coefficient (Wildman–Crippen LogP) is 7.42. The Labute approximate surface area is 211 Å². The highest BCUT2D eigenvalue weighted by molar-refractivity contribution is 5.10. The average molecular weight is 473 g/mol. The van der Waals surface area contributed by atoms with E-state index in [0.29, 0.717) is 23.7 Å². The lowest BCUT2D eigenvalue weighted by molar-refractivity contribution is -0.0955. The molecule has 0 aliphatic heterocycles. The summed E-state index contributed by atoms with van der Waals surface area (Å²) in [6.45, 7) is 19.0. The van der Waals surface area contributed by atoms with Crippen LogP contribution in [0.3, 0.4) is 0 Å². The van der Waals surface area contributed by atoms with Crippen molar-refractivity contribution >= 4 is 0 Å². The van der Waals surface area contributed by atoms with Crippen LogP contribution in [-0.2, 0) is 0 Å². The number of rotatable bonds is 2. The maximum atomic E-state index is 11.7. The van der Waals surface area contributed by atoms with Crippen LogP contribution in [0.15, 0.2) is 0 Å². The van der Waals surface area contributed by atoms with Crippen LogP contribution in [0.5, 0.6) is 0 Å². The lowest BCUT2D eigenvalue weighted by Crippen LogP contribution is -2.49. The van der Waals surface area contributed by atoms with E-state index in [2.05, 4.69) is 55.4 Å². The molecule has 34 heavy (non-hydrogen) atoms. The molecule has 5 aliphatic rings. The van der Waals surface area contributed by atoms with Crippen molar-refractivity contribution in [3.05, 3.63) is 0 Å². The molecule has 5 rings (SSSR count). The summed E-state index contributed by atoms with van der Waals surface area (Å²) in [7, 11) is 0. The normalized spacial score (nSPS) is 53.8. The number of aliphatic hydroxyl groups is 2. The van der Waals surface area contributed by atoms with Crippen molar-refractivity contribution in [1.29, 1.82) is 0 Å². The molecule has 14 atom stereocenters. The van der Waals surface area contributed by atoms with E-state index < -0.39 is 0 Å². The number of hydrogen-bond acceptors (Lipinski definition) is 2. The average Bonchev–Trinajstić information content (AvgIpc) is 3.41. The minimum atomic E-state index is -0.122.